The molecule has 2 aromatic rings. The lowest BCUT2D eigenvalue weighted by molar-refractivity contribution is 0.458. The van der Waals surface area contributed by atoms with Crippen LogP contribution in [0.3, 0.4) is 0 Å². The molecule has 0 spiro atoms. The van der Waals surface area contributed by atoms with Gasteiger partial charge in [-0.25, -0.2) is 4.39 Å². The average molecular weight is 394 g/mol. The van der Waals surface area contributed by atoms with E-state index in [4.69, 9.17) is 27.9 Å². The molecule has 3 nitrogen and oxygen atoms in total. The lowest BCUT2D eigenvalue weighted by Crippen LogP contribution is -2.03. The third-order valence-electron chi connectivity index (χ3n) is 2.49. The zero-order valence-corrected chi connectivity index (χ0v) is 14.2. The molecule has 0 atom stereocenters. The first kappa shape index (κ1) is 16.3. The fourth-order valence-corrected chi connectivity index (χ4v) is 2.50. The molecule has 21 heavy (non-hydrogen) atoms. The van der Waals surface area contributed by atoms with Crippen LogP contribution >= 0.6 is 39.1 Å². The van der Waals surface area contributed by atoms with E-state index in [0.717, 1.165) is 13.0 Å². The van der Waals surface area contributed by atoms with Gasteiger partial charge < -0.3 is 10.1 Å². The number of halogens is 4. The fourth-order valence-electron chi connectivity index (χ4n) is 1.59. The molecule has 2 rings (SSSR count). The highest BCUT2D eigenvalue weighted by molar-refractivity contribution is 9.10. The van der Waals surface area contributed by atoms with E-state index >= 15 is 0 Å². The van der Waals surface area contributed by atoms with Gasteiger partial charge in [-0.15, -0.1) is 0 Å². The van der Waals surface area contributed by atoms with Crippen molar-refractivity contribution < 1.29 is 9.13 Å². The number of nitrogens with one attached hydrogen (secondary N) is 1. The van der Waals surface area contributed by atoms with Gasteiger partial charge in [0, 0.05) is 17.1 Å². The van der Waals surface area contributed by atoms with Gasteiger partial charge in [-0.2, -0.15) is 4.98 Å². The zero-order chi connectivity index (χ0) is 15.4. The molecule has 1 aromatic carbocycles. The van der Waals surface area contributed by atoms with Crippen LogP contribution in [0.15, 0.2) is 28.7 Å². The van der Waals surface area contributed by atoms with Crippen LogP contribution in [-0.2, 0) is 0 Å². The van der Waals surface area contributed by atoms with Gasteiger partial charge in [-0.3, -0.25) is 0 Å². The van der Waals surface area contributed by atoms with Gasteiger partial charge in [0.25, 0.3) is 0 Å². The molecule has 0 fully saturated rings. The van der Waals surface area contributed by atoms with Crippen LogP contribution in [0.1, 0.15) is 13.3 Å². The van der Waals surface area contributed by atoms with E-state index in [-0.39, 0.29) is 10.9 Å². The highest BCUT2D eigenvalue weighted by atomic mass is 79.9. The van der Waals surface area contributed by atoms with Crippen LogP contribution in [0.25, 0.3) is 0 Å². The van der Waals surface area contributed by atoms with Gasteiger partial charge in [-0.05, 0) is 24.6 Å². The van der Waals surface area contributed by atoms with Crippen LogP contribution in [-0.4, -0.2) is 11.5 Å². The maximum Gasteiger partial charge on any atom is 0.240 e. The summed E-state index contributed by atoms with van der Waals surface area (Å²) in [6.45, 7) is 2.75. The number of hydrogen-bond donors (Lipinski definition) is 1. The Morgan fingerprint density at radius 2 is 2.00 bits per heavy atom. The molecule has 1 N–H and O–H groups in total. The molecule has 0 aliphatic heterocycles. The van der Waals surface area contributed by atoms with Crippen molar-refractivity contribution in [2.45, 2.75) is 13.3 Å². The SMILES string of the molecule is CCCNc1nc(Oc2cc(F)cc(Br)c2)c(Cl)cc1Cl. The molecule has 0 saturated heterocycles. The molecule has 0 amide bonds. The van der Waals surface area contributed by atoms with Crippen LogP contribution in [0.2, 0.25) is 10.0 Å². The number of hydrogen-bond acceptors (Lipinski definition) is 3. The van der Waals surface area contributed by atoms with Crippen molar-refractivity contribution in [1.29, 1.82) is 0 Å². The largest absolute Gasteiger partial charge is 0.437 e. The molecule has 112 valence electrons. The van der Waals surface area contributed by atoms with Gasteiger partial charge in [0.2, 0.25) is 5.88 Å². The first-order valence-corrected chi connectivity index (χ1v) is 7.78. The predicted molar refractivity (Wildman–Crippen MR) is 87.2 cm³/mol. The first-order chi connectivity index (χ1) is 9.99. The number of pyridine rings is 1. The van der Waals surface area contributed by atoms with Gasteiger partial charge in [-0.1, -0.05) is 46.1 Å². The van der Waals surface area contributed by atoms with Gasteiger partial charge in [0.1, 0.15) is 22.4 Å². The molecule has 7 heteroatoms. The van der Waals surface area contributed by atoms with E-state index in [2.05, 4.69) is 26.2 Å². The third kappa shape index (κ3) is 4.46. The van der Waals surface area contributed by atoms with E-state index < -0.39 is 5.82 Å². The lowest BCUT2D eigenvalue weighted by Gasteiger charge is -2.11. The van der Waals surface area contributed by atoms with Crippen LogP contribution in [0.5, 0.6) is 11.6 Å². The Morgan fingerprint density at radius 3 is 2.67 bits per heavy atom. The molecule has 1 heterocycles. The van der Waals surface area contributed by atoms with E-state index in [1.807, 2.05) is 6.92 Å². The van der Waals surface area contributed by atoms with E-state index in [1.54, 1.807) is 6.07 Å². The number of anilines is 1. The molecular weight excluding hydrogens is 382 g/mol. The minimum Gasteiger partial charge on any atom is -0.437 e. The highest BCUT2D eigenvalue weighted by Gasteiger charge is 2.12. The van der Waals surface area contributed by atoms with Crippen molar-refractivity contribution >= 4 is 44.9 Å². The van der Waals surface area contributed by atoms with Crippen molar-refractivity contribution in [3.8, 4) is 11.6 Å². The van der Waals surface area contributed by atoms with E-state index in [1.165, 1.54) is 18.2 Å². The summed E-state index contributed by atoms with van der Waals surface area (Å²) < 4.78 is 19.4. The number of nitrogens with zero attached hydrogens (tertiary/aromatic N) is 1. The molecule has 0 unspecified atom stereocenters. The van der Waals surface area contributed by atoms with Gasteiger partial charge in [0.15, 0.2) is 0 Å². The summed E-state index contributed by atoms with van der Waals surface area (Å²) in [5, 5.41) is 3.73. The second-order valence-corrected chi connectivity index (χ2v) is 5.97. The Balaban J connectivity index is 2.30. The Bertz CT molecular complexity index is 635. The lowest BCUT2D eigenvalue weighted by atomic mass is 10.3. The van der Waals surface area contributed by atoms with Crippen molar-refractivity contribution in [1.82, 2.24) is 4.98 Å². The Hall–Kier alpha value is -1.04. The second-order valence-electron chi connectivity index (χ2n) is 4.24. The number of aromatic nitrogens is 1. The summed E-state index contributed by atoms with van der Waals surface area (Å²) in [4.78, 5) is 4.23. The first-order valence-electron chi connectivity index (χ1n) is 6.23. The molecular formula is C14H12BrCl2FN2O. The fraction of sp³-hybridized carbons (Fsp3) is 0.214. The number of ether oxygens (including phenoxy) is 1. The standard InChI is InChI=1S/C14H12BrCl2FN2O/c1-2-3-19-13-11(16)7-12(17)14(20-13)21-10-5-8(15)4-9(18)6-10/h4-7H,2-3H2,1H3,(H,19,20). The third-order valence-corrected chi connectivity index (χ3v) is 3.51. The monoisotopic (exact) mass is 392 g/mol. The Morgan fingerprint density at radius 1 is 1.24 bits per heavy atom. The van der Waals surface area contributed by atoms with E-state index in [9.17, 15) is 4.39 Å². The molecule has 0 bridgehead atoms. The number of benzene rings is 1. The van der Waals surface area contributed by atoms with Crippen molar-refractivity contribution in [2.24, 2.45) is 0 Å². The predicted octanol–water partition coefficient (Wildman–Crippen LogP) is 5.90. The van der Waals surface area contributed by atoms with Crippen molar-refractivity contribution in [2.75, 3.05) is 11.9 Å². The zero-order valence-electron chi connectivity index (χ0n) is 11.1. The minimum absolute atomic E-state index is 0.164. The topological polar surface area (TPSA) is 34.2 Å². The van der Waals surface area contributed by atoms with E-state index in [0.29, 0.717) is 21.1 Å². The van der Waals surface area contributed by atoms with Crippen molar-refractivity contribution in [3.63, 3.8) is 0 Å². The van der Waals surface area contributed by atoms with Crippen LogP contribution in [0, 0.1) is 5.82 Å². The Kier molecular flexibility index (Phi) is 5.67. The average Bonchev–Trinajstić information content (AvgIpc) is 2.39. The molecule has 0 radical (unpaired) electrons. The maximum absolute atomic E-state index is 13.3. The molecule has 0 aliphatic carbocycles. The normalized spacial score (nSPS) is 10.5. The van der Waals surface area contributed by atoms with Crippen molar-refractivity contribution in [3.05, 3.63) is 44.6 Å². The maximum atomic E-state index is 13.3. The molecule has 0 aliphatic rings. The summed E-state index contributed by atoms with van der Waals surface area (Å²) in [6, 6.07) is 5.74. The van der Waals surface area contributed by atoms with Crippen LogP contribution in [0.4, 0.5) is 10.2 Å². The Labute approximate surface area is 140 Å². The smallest absolute Gasteiger partial charge is 0.240 e. The summed E-state index contributed by atoms with van der Waals surface area (Å²) >= 11 is 15.3. The summed E-state index contributed by atoms with van der Waals surface area (Å²) in [7, 11) is 0. The van der Waals surface area contributed by atoms with Gasteiger partial charge in [0.05, 0.1) is 5.02 Å². The number of rotatable bonds is 5. The summed E-state index contributed by atoms with van der Waals surface area (Å²) in [5.74, 6) is 0.513. The highest BCUT2D eigenvalue weighted by Crippen LogP contribution is 2.34. The van der Waals surface area contributed by atoms with Crippen LogP contribution < -0.4 is 10.1 Å². The summed E-state index contributed by atoms with van der Waals surface area (Å²) in [5.41, 5.74) is 0. The van der Waals surface area contributed by atoms with Gasteiger partial charge >= 0.3 is 0 Å². The molecule has 1 aromatic heterocycles. The quantitative estimate of drug-likeness (QED) is 0.686. The molecule has 0 saturated carbocycles. The minimum atomic E-state index is -0.422. The summed E-state index contributed by atoms with van der Waals surface area (Å²) in [6.07, 6.45) is 0.924. The second kappa shape index (κ2) is 7.29.